The zero-order valence-electron chi connectivity index (χ0n) is 15.0. The fourth-order valence-electron chi connectivity index (χ4n) is 2.51. The Bertz CT molecular complexity index is 1010. The monoisotopic (exact) mass is 386 g/mol. The second-order valence-electron chi connectivity index (χ2n) is 6.14. The number of esters is 1. The van der Waals surface area contributed by atoms with Crippen molar-refractivity contribution in [3.05, 3.63) is 64.0 Å². The molecule has 1 aromatic heterocycles. The molecule has 0 radical (unpaired) electrons. The molecular weight excluding hydrogens is 368 g/mol. The highest BCUT2D eigenvalue weighted by Crippen LogP contribution is 2.24. The van der Waals surface area contributed by atoms with E-state index in [4.69, 9.17) is 25.5 Å². The summed E-state index contributed by atoms with van der Waals surface area (Å²) in [5.74, 6) is -0.0185. The first kappa shape index (κ1) is 19.0. The lowest BCUT2D eigenvalue weighted by Gasteiger charge is -2.11. The molecule has 2 aromatic carbocycles. The third-order valence-corrected chi connectivity index (χ3v) is 4.42. The van der Waals surface area contributed by atoms with E-state index in [1.54, 1.807) is 42.5 Å². The molecule has 0 aliphatic heterocycles. The van der Waals surface area contributed by atoms with Crippen molar-refractivity contribution >= 4 is 28.5 Å². The van der Waals surface area contributed by atoms with Gasteiger partial charge in [-0.1, -0.05) is 30.7 Å². The fourth-order valence-corrected chi connectivity index (χ4v) is 2.64. The Labute approximate surface area is 161 Å². The van der Waals surface area contributed by atoms with Gasteiger partial charge >= 0.3 is 5.97 Å². The second-order valence-corrected chi connectivity index (χ2v) is 6.58. The molecule has 1 atom stereocenters. The fraction of sp³-hybridized carbons (Fsp3) is 0.238. The third-order valence-electron chi connectivity index (χ3n) is 4.17. The van der Waals surface area contributed by atoms with Crippen LogP contribution in [0.25, 0.3) is 22.1 Å². The number of halogens is 1. The van der Waals surface area contributed by atoms with Gasteiger partial charge in [0.25, 0.3) is 0 Å². The first-order chi connectivity index (χ1) is 13.0. The van der Waals surface area contributed by atoms with E-state index in [1.165, 1.54) is 6.26 Å². The lowest BCUT2D eigenvalue weighted by atomic mass is 10.1. The number of fused-ring (bicyclic) bond motifs is 1. The Hall–Kier alpha value is -2.79. The zero-order valence-corrected chi connectivity index (χ0v) is 15.8. The summed E-state index contributed by atoms with van der Waals surface area (Å²) in [5.41, 5.74) is 1.40. The quantitative estimate of drug-likeness (QED) is 0.567. The zero-order chi connectivity index (χ0) is 19.4. The highest BCUT2D eigenvalue weighted by molar-refractivity contribution is 6.30. The molecule has 0 unspecified atom stereocenters. The van der Waals surface area contributed by atoms with Gasteiger partial charge in [0.2, 0.25) is 0 Å². The Morgan fingerprint density at radius 1 is 1.19 bits per heavy atom. The van der Waals surface area contributed by atoms with E-state index >= 15 is 0 Å². The van der Waals surface area contributed by atoms with Gasteiger partial charge < -0.3 is 13.9 Å². The Morgan fingerprint density at radius 2 is 1.93 bits per heavy atom. The molecule has 0 saturated carbocycles. The van der Waals surface area contributed by atoms with Gasteiger partial charge in [0.05, 0.1) is 17.1 Å². The van der Waals surface area contributed by atoms with Crippen molar-refractivity contribution in [2.24, 2.45) is 0 Å². The summed E-state index contributed by atoms with van der Waals surface area (Å²) in [4.78, 5) is 24.4. The maximum atomic E-state index is 12.7. The summed E-state index contributed by atoms with van der Waals surface area (Å²) in [6.07, 6.45) is 2.00. The minimum Gasteiger partial charge on any atom is -0.482 e. The van der Waals surface area contributed by atoms with E-state index in [1.807, 2.05) is 13.8 Å². The molecule has 0 spiro atoms. The predicted octanol–water partition coefficient (Wildman–Crippen LogP) is 4.83. The van der Waals surface area contributed by atoms with Gasteiger partial charge in [0, 0.05) is 11.1 Å². The van der Waals surface area contributed by atoms with Crippen molar-refractivity contribution in [2.45, 2.75) is 26.4 Å². The van der Waals surface area contributed by atoms with Crippen molar-refractivity contribution in [1.82, 2.24) is 0 Å². The molecule has 0 N–H and O–H groups in total. The molecule has 1 heterocycles. The van der Waals surface area contributed by atoms with Gasteiger partial charge in [-0.05, 0) is 43.2 Å². The smallest absolute Gasteiger partial charge is 0.344 e. The van der Waals surface area contributed by atoms with E-state index in [-0.39, 0.29) is 18.1 Å². The van der Waals surface area contributed by atoms with Crippen molar-refractivity contribution in [3.63, 3.8) is 0 Å². The van der Waals surface area contributed by atoms with Crippen LogP contribution in [0.3, 0.4) is 0 Å². The maximum absolute atomic E-state index is 12.7. The van der Waals surface area contributed by atoms with Crippen LogP contribution in [-0.4, -0.2) is 18.7 Å². The SMILES string of the molecule is CC[C@@H](C)OC(=O)COc1ccc2c(=O)c(-c3ccc(Cl)cc3)coc2c1. The minimum absolute atomic E-state index is 0.151. The van der Waals surface area contributed by atoms with Crippen molar-refractivity contribution in [2.75, 3.05) is 6.61 Å². The third kappa shape index (κ3) is 4.49. The number of carbonyl (C=O) groups is 1. The highest BCUT2D eigenvalue weighted by atomic mass is 35.5. The molecule has 27 heavy (non-hydrogen) atoms. The van der Waals surface area contributed by atoms with Crippen LogP contribution in [0.5, 0.6) is 5.75 Å². The van der Waals surface area contributed by atoms with Crippen LogP contribution in [0, 0.1) is 0 Å². The summed E-state index contributed by atoms with van der Waals surface area (Å²) >= 11 is 5.89. The summed E-state index contributed by atoms with van der Waals surface area (Å²) < 4.78 is 16.2. The van der Waals surface area contributed by atoms with Gasteiger partial charge in [-0.25, -0.2) is 4.79 Å². The van der Waals surface area contributed by atoms with Crippen molar-refractivity contribution in [3.8, 4) is 16.9 Å². The molecule has 5 nitrogen and oxygen atoms in total. The molecule has 0 aliphatic rings. The molecule has 3 rings (SSSR count). The number of ether oxygens (including phenoxy) is 2. The lowest BCUT2D eigenvalue weighted by Crippen LogP contribution is -2.20. The van der Waals surface area contributed by atoms with Gasteiger partial charge in [-0.2, -0.15) is 0 Å². The summed E-state index contributed by atoms with van der Waals surface area (Å²) in [6.45, 7) is 3.55. The van der Waals surface area contributed by atoms with E-state index < -0.39 is 5.97 Å². The molecular formula is C21H19ClO5. The van der Waals surface area contributed by atoms with Crippen molar-refractivity contribution < 1.29 is 18.7 Å². The number of carbonyl (C=O) groups excluding carboxylic acids is 1. The summed E-state index contributed by atoms with van der Waals surface area (Å²) in [5, 5.41) is 1.02. The standard InChI is InChI=1S/C21H19ClO5/c1-3-13(2)27-20(23)12-25-16-8-9-17-19(10-16)26-11-18(21(17)24)14-4-6-15(22)7-5-14/h4-11,13H,3,12H2,1-2H3/t13-/m1/s1. The van der Waals surface area contributed by atoms with E-state index in [0.717, 1.165) is 12.0 Å². The second kappa shape index (κ2) is 8.27. The molecule has 140 valence electrons. The first-order valence-corrected chi connectivity index (χ1v) is 8.99. The molecule has 0 amide bonds. The van der Waals surface area contributed by atoms with E-state index in [0.29, 0.717) is 27.3 Å². The first-order valence-electron chi connectivity index (χ1n) is 8.61. The van der Waals surface area contributed by atoms with E-state index in [9.17, 15) is 9.59 Å². The number of hydrogen-bond acceptors (Lipinski definition) is 5. The van der Waals surface area contributed by atoms with Crippen LogP contribution in [0.1, 0.15) is 20.3 Å². The lowest BCUT2D eigenvalue weighted by molar-refractivity contribution is -0.150. The average Bonchev–Trinajstić information content (AvgIpc) is 2.67. The topological polar surface area (TPSA) is 65.7 Å². The number of rotatable bonds is 6. The largest absolute Gasteiger partial charge is 0.482 e. The summed E-state index contributed by atoms with van der Waals surface area (Å²) in [6, 6.07) is 11.8. The van der Waals surface area contributed by atoms with Crippen LogP contribution in [0.2, 0.25) is 5.02 Å². The molecule has 0 fully saturated rings. The molecule has 0 bridgehead atoms. The average molecular weight is 387 g/mol. The Balaban J connectivity index is 1.81. The minimum atomic E-state index is -0.441. The Morgan fingerprint density at radius 3 is 2.63 bits per heavy atom. The molecule has 0 aliphatic carbocycles. The van der Waals surface area contributed by atoms with Gasteiger partial charge in [-0.15, -0.1) is 0 Å². The van der Waals surface area contributed by atoms with Crippen molar-refractivity contribution in [1.29, 1.82) is 0 Å². The van der Waals surface area contributed by atoms with Gasteiger partial charge in [-0.3, -0.25) is 4.79 Å². The molecule has 6 heteroatoms. The predicted molar refractivity (Wildman–Crippen MR) is 104 cm³/mol. The van der Waals surface area contributed by atoms with Gasteiger partial charge in [0.15, 0.2) is 12.0 Å². The van der Waals surface area contributed by atoms with Crippen LogP contribution in [-0.2, 0) is 9.53 Å². The number of benzene rings is 2. The molecule has 3 aromatic rings. The van der Waals surface area contributed by atoms with E-state index in [2.05, 4.69) is 0 Å². The van der Waals surface area contributed by atoms with Crippen LogP contribution >= 0.6 is 11.6 Å². The van der Waals surface area contributed by atoms with Crippen LogP contribution in [0.4, 0.5) is 0 Å². The van der Waals surface area contributed by atoms with Gasteiger partial charge in [0.1, 0.15) is 17.6 Å². The summed E-state index contributed by atoms with van der Waals surface area (Å²) in [7, 11) is 0. The molecule has 0 saturated heterocycles. The number of hydrogen-bond donors (Lipinski definition) is 0. The van der Waals surface area contributed by atoms with Crippen LogP contribution in [0.15, 0.2) is 57.9 Å². The van der Waals surface area contributed by atoms with Crippen LogP contribution < -0.4 is 10.2 Å². The normalized spacial score (nSPS) is 12.0. The Kier molecular flexibility index (Phi) is 5.81. The maximum Gasteiger partial charge on any atom is 0.344 e. The highest BCUT2D eigenvalue weighted by Gasteiger charge is 2.12.